The van der Waals surface area contributed by atoms with Gasteiger partial charge in [0.25, 0.3) is 0 Å². The van der Waals surface area contributed by atoms with Crippen LogP contribution in [0.25, 0.3) is 10.1 Å². The van der Waals surface area contributed by atoms with Crippen LogP contribution in [0.1, 0.15) is 20.8 Å². The molecule has 0 N–H and O–H groups in total. The van der Waals surface area contributed by atoms with E-state index in [4.69, 9.17) is 0 Å². The van der Waals surface area contributed by atoms with E-state index in [1.54, 1.807) is 18.2 Å². The van der Waals surface area contributed by atoms with Crippen molar-refractivity contribution < 1.29 is 13.6 Å². The van der Waals surface area contributed by atoms with Gasteiger partial charge in [-0.1, -0.05) is 6.07 Å². The Kier molecular flexibility index (Phi) is 3.55. The van der Waals surface area contributed by atoms with Gasteiger partial charge in [0.05, 0.1) is 4.88 Å². The van der Waals surface area contributed by atoms with Crippen molar-refractivity contribution in [2.24, 2.45) is 0 Å². The van der Waals surface area contributed by atoms with Crippen LogP contribution in [0.5, 0.6) is 0 Å². The van der Waals surface area contributed by atoms with E-state index in [2.05, 4.69) is 0 Å². The summed E-state index contributed by atoms with van der Waals surface area (Å²) in [6.07, 6.45) is 0.152. The number of carbonyl (C=O) groups is 1. The van der Waals surface area contributed by atoms with Crippen LogP contribution >= 0.6 is 11.3 Å². The summed E-state index contributed by atoms with van der Waals surface area (Å²) in [5, 5.41) is 0.722. The number of halogens is 2. The van der Waals surface area contributed by atoms with Gasteiger partial charge in [0.15, 0.2) is 5.78 Å². The fraction of sp³-hybridized carbons (Fsp3) is 0.118. The number of hydrogen-bond acceptors (Lipinski definition) is 2. The van der Waals surface area contributed by atoms with E-state index in [1.165, 1.54) is 35.6 Å². The van der Waals surface area contributed by atoms with E-state index in [9.17, 15) is 13.6 Å². The van der Waals surface area contributed by atoms with Gasteiger partial charge in [0.1, 0.15) is 11.6 Å². The standard InChI is InChI=1S/C17H12F2OS/c1-10-2-3-13(18)6-11(10)8-15(20)17-9-12-7-14(19)4-5-16(12)21-17/h2-7,9H,8H2,1H3. The van der Waals surface area contributed by atoms with Crippen LogP contribution in [-0.4, -0.2) is 5.78 Å². The lowest BCUT2D eigenvalue weighted by atomic mass is 10.0. The quantitative estimate of drug-likeness (QED) is 0.628. The lowest BCUT2D eigenvalue weighted by Crippen LogP contribution is -2.03. The maximum Gasteiger partial charge on any atom is 0.177 e. The summed E-state index contributed by atoms with van der Waals surface area (Å²) < 4.78 is 27.3. The number of carbonyl (C=O) groups excluding carboxylic acids is 1. The van der Waals surface area contributed by atoms with E-state index < -0.39 is 0 Å². The lowest BCUT2D eigenvalue weighted by Gasteiger charge is -2.04. The molecule has 21 heavy (non-hydrogen) atoms. The molecule has 3 rings (SSSR count). The van der Waals surface area contributed by atoms with Gasteiger partial charge >= 0.3 is 0 Å². The number of thiophene rings is 1. The third kappa shape index (κ3) is 2.85. The molecule has 1 heterocycles. The van der Waals surface area contributed by atoms with Crippen molar-refractivity contribution in [3.05, 3.63) is 70.1 Å². The van der Waals surface area contributed by atoms with Gasteiger partial charge in [0, 0.05) is 11.1 Å². The fourth-order valence-corrected chi connectivity index (χ4v) is 3.22. The van der Waals surface area contributed by atoms with Gasteiger partial charge in [-0.2, -0.15) is 0 Å². The first-order valence-electron chi connectivity index (χ1n) is 6.50. The SMILES string of the molecule is Cc1ccc(F)cc1CC(=O)c1cc2cc(F)ccc2s1. The summed E-state index contributed by atoms with van der Waals surface area (Å²) in [5.74, 6) is -0.743. The van der Waals surface area contributed by atoms with Crippen molar-refractivity contribution in [1.82, 2.24) is 0 Å². The number of rotatable bonds is 3. The van der Waals surface area contributed by atoms with Crippen molar-refractivity contribution in [2.45, 2.75) is 13.3 Å². The van der Waals surface area contributed by atoms with Gasteiger partial charge in [-0.3, -0.25) is 4.79 Å². The molecular weight excluding hydrogens is 290 g/mol. The maximum absolute atomic E-state index is 13.3. The van der Waals surface area contributed by atoms with Crippen LogP contribution in [0.15, 0.2) is 42.5 Å². The highest BCUT2D eigenvalue weighted by Gasteiger charge is 2.13. The molecule has 0 saturated carbocycles. The molecule has 0 atom stereocenters. The number of Topliss-reactive ketones (excluding diaryl/α,β-unsaturated/α-hetero) is 1. The minimum atomic E-state index is -0.346. The van der Waals surface area contributed by atoms with E-state index in [0.717, 1.165) is 15.6 Å². The monoisotopic (exact) mass is 302 g/mol. The number of benzene rings is 2. The predicted molar refractivity (Wildman–Crippen MR) is 81.0 cm³/mol. The smallest absolute Gasteiger partial charge is 0.177 e. The minimum absolute atomic E-state index is 0.0784. The van der Waals surface area contributed by atoms with Gasteiger partial charge in [-0.15, -0.1) is 11.3 Å². The average Bonchev–Trinajstić information content (AvgIpc) is 2.86. The number of ketones is 1. The summed E-state index contributed by atoms with van der Waals surface area (Å²) in [6, 6.07) is 10.6. The molecule has 0 bridgehead atoms. The van der Waals surface area contributed by atoms with Crippen LogP contribution in [0.3, 0.4) is 0 Å². The van der Waals surface area contributed by atoms with Crippen LogP contribution in [0.4, 0.5) is 8.78 Å². The molecule has 1 aromatic heterocycles. The molecule has 0 spiro atoms. The fourth-order valence-electron chi connectivity index (χ4n) is 2.24. The third-order valence-electron chi connectivity index (χ3n) is 3.42. The van der Waals surface area contributed by atoms with Crippen molar-refractivity contribution in [3.63, 3.8) is 0 Å². The van der Waals surface area contributed by atoms with Crippen molar-refractivity contribution in [2.75, 3.05) is 0 Å². The molecule has 0 aliphatic heterocycles. The summed E-state index contributed by atoms with van der Waals surface area (Å²) in [7, 11) is 0. The Morgan fingerprint density at radius 1 is 1.05 bits per heavy atom. The average molecular weight is 302 g/mol. The van der Waals surface area contributed by atoms with Crippen molar-refractivity contribution in [3.8, 4) is 0 Å². The molecule has 106 valence electrons. The molecule has 0 unspecified atom stereocenters. The van der Waals surface area contributed by atoms with Gasteiger partial charge in [-0.25, -0.2) is 8.78 Å². The zero-order chi connectivity index (χ0) is 15.0. The molecule has 1 nitrogen and oxygen atoms in total. The highest BCUT2D eigenvalue weighted by Crippen LogP contribution is 2.27. The molecule has 2 aromatic carbocycles. The number of hydrogen-bond donors (Lipinski definition) is 0. The minimum Gasteiger partial charge on any atom is -0.293 e. The van der Waals surface area contributed by atoms with Crippen LogP contribution in [-0.2, 0) is 6.42 Å². The molecule has 3 aromatic rings. The van der Waals surface area contributed by atoms with E-state index in [-0.39, 0.29) is 23.8 Å². The molecule has 0 aliphatic carbocycles. The Morgan fingerprint density at radius 3 is 2.57 bits per heavy atom. The molecule has 0 fully saturated rings. The molecular formula is C17H12F2OS. The molecule has 4 heteroatoms. The first-order valence-corrected chi connectivity index (χ1v) is 7.32. The Morgan fingerprint density at radius 2 is 1.76 bits per heavy atom. The van der Waals surface area contributed by atoms with Gasteiger partial charge in [-0.05, 0) is 59.8 Å². The van der Waals surface area contributed by atoms with Gasteiger partial charge in [0.2, 0.25) is 0 Å². The van der Waals surface area contributed by atoms with E-state index in [1.807, 2.05) is 6.92 Å². The van der Waals surface area contributed by atoms with Crippen LogP contribution < -0.4 is 0 Å². The number of aryl methyl sites for hydroxylation is 1. The van der Waals surface area contributed by atoms with Crippen LogP contribution in [0.2, 0.25) is 0 Å². The molecule has 0 saturated heterocycles. The zero-order valence-electron chi connectivity index (χ0n) is 11.3. The molecule has 0 amide bonds. The Balaban J connectivity index is 1.91. The Hall–Kier alpha value is -2.07. The third-order valence-corrected chi connectivity index (χ3v) is 4.57. The number of fused-ring (bicyclic) bond motifs is 1. The maximum atomic E-state index is 13.3. The normalized spacial score (nSPS) is 11.0. The second kappa shape index (κ2) is 5.37. The summed E-state index contributed by atoms with van der Waals surface area (Å²) in [6.45, 7) is 1.85. The Bertz CT molecular complexity index is 836. The lowest BCUT2D eigenvalue weighted by molar-refractivity contribution is 0.0996. The second-order valence-corrected chi connectivity index (χ2v) is 6.05. The summed E-state index contributed by atoms with van der Waals surface area (Å²) in [5.41, 5.74) is 1.57. The van der Waals surface area contributed by atoms with E-state index in [0.29, 0.717) is 10.4 Å². The first kappa shape index (κ1) is 13.9. The highest BCUT2D eigenvalue weighted by atomic mass is 32.1. The second-order valence-electron chi connectivity index (χ2n) is 4.96. The van der Waals surface area contributed by atoms with Crippen molar-refractivity contribution >= 4 is 27.2 Å². The Labute approximate surface area is 124 Å². The van der Waals surface area contributed by atoms with Gasteiger partial charge < -0.3 is 0 Å². The highest BCUT2D eigenvalue weighted by molar-refractivity contribution is 7.20. The molecule has 0 radical (unpaired) electrons. The predicted octanol–water partition coefficient (Wildman–Crippen LogP) is 4.91. The van der Waals surface area contributed by atoms with Crippen molar-refractivity contribution in [1.29, 1.82) is 0 Å². The zero-order valence-corrected chi connectivity index (χ0v) is 12.1. The summed E-state index contributed by atoms with van der Waals surface area (Å²) >= 11 is 1.33. The topological polar surface area (TPSA) is 17.1 Å². The molecule has 0 aliphatic rings. The summed E-state index contributed by atoms with van der Waals surface area (Å²) in [4.78, 5) is 12.9. The van der Waals surface area contributed by atoms with Crippen LogP contribution in [0, 0.1) is 18.6 Å². The largest absolute Gasteiger partial charge is 0.293 e. The first-order chi connectivity index (χ1) is 10.0. The van der Waals surface area contributed by atoms with E-state index >= 15 is 0 Å².